The van der Waals surface area contributed by atoms with E-state index >= 15 is 0 Å². The van der Waals surface area contributed by atoms with Crippen LogP contribution in [0.2, 0.25) is 0 Å². The van der Waals surface area contributed by atoms with E-state index in [1.807, 2.05) is 0 Å². The normalized spacial score (nSPS) is 20.6. The van der Waals surface area contributed by atoms with E-state index in [0.29, 0.717) is 12.4 Å². The molecule has 0 spiro atoms. The average Bonchev–Trinajstić information content (AvgIpc) is 2.37. The molecule has 1 unspecified atom stereocenters. The summed E-state index contributed by atoms with van der Waals surface area (Å²) in [5.74, 6) is 0.0307. The molecule has 18 heavy (non-hydrogen) atoms. The lowest BCUT2D eigenvalue weighted by atomic mass is 10.3. The van der Waals surface area contributed by atoms with Crippen LogP contribution in [0.25, 0.3) is 0 Å². The van der Waals surface area contributed by atoms with Crippen molar-refractivity contribution >= 4 is 11.7 Å². The Hall–Kier alpha value is -1.73. The standard InChI is InChI=1S/C11H17N5O2/c1-16-4-5-18-8(7-16)6-13-10-3-2-9(11(12)17)14-15-10/h2-3,8H,4-7H2,1H3,(H2,12,17)(H,13,15). The van der Waals surface area contributed by atoms with Crippen molar-refractivity contribution in [3.05, 3.63) is 17.8 Å². The molecule has 98 valence electrons. The number of aromatic nitrogens is 2. The van der Waals surface area contributed by atoms with Gasteiger partial charge in [0.25, 0.3) is 5.91 Å². The van der Waals surface area contributed by atoms with Crippen LogP contribution in [0.5, 0.6) is 0 Å². The van der Waals surface area contributed by atoms with E-state index in [1.54, 1.807) is 12.1 Å². The predicted octanol–water partition coefficient (Wildman–Crippen LogP) is -0.682. The van der Waals surface area contributed by atoms with E-state index in [1.165, 1.54) is 0 Å². The monoisotopic (exact) mass is 251 g/mol. The lowest BCUT2D eigenvalue weighted by molar-refractivity contribution is -0.0117. The number of carbonyl (C=O) groups is 1. The maximum absolute atomic E-state index is 10.8. The molecule has 1 aliphatic heterocycles. The van der Waals surface area contributed by atoms with Gasteiger partial charge in [0.05, 0.1) is 12.7 Å². The Bertz CT molecular complexity index is 408. The maximum Gasteiger partial charge on any atom is 0.269 e. The van der Waals surface area contributed by atoms with Gasteiger partial charge in [0.15, 0.2) is 5.69 Å². The van der Waals surface area contributed by atoms with Crippen LogP contribution in [-0.4, -0.2) is 60.4 Å². The van der Waals surface area contributed by atoms with Crippen molar-refractivity contribution in [1.29, 1.82) is 0 Å². The predicted molar refractivity (Wildman–Crippen MR) is 66.3 cm³/mol. The number of nitrogens with two attached hydrogens (primary N) is 1. The van der Waals surface area contributed by atoms with Gasteiger partial charge >= 0.3 is 0 Å². The van der Waals surface area contributed by atoms with Gasteiger partial charge in [-0.1, -0.05) is 0 Å². The second kappa shape index (κ2) is 5.74. The van der Waals surface area contributed by atoms with Crippen molar-refractivity contribution in [3.8, 4) is 0 Å². The molecule has 1 aromatic heterocycles. The number of primary amides is 1. The molecule has 0 saturated carbocycles. The summed E-state index contributed by atoms with van der Waals surface area (Å²) in [6, 6.07) is 3.23. The number of hydrogen-bond donors (Lipinski definition) is 2. The molecule has 0 aromatic carbocycles. The highest BCUT2D eigenvalue weighted by molar-refractivity contribution is 5.90. The first kappa shape index (κ1) is 12.7. The number of nitrogens with zero attached hydrogens (tertiary/aromatic N) is 3. The molecule has 1 fully saturated rings. The third-order valence-electron chi connectivity index (χ3n) is 2.77. The van der Waals surface area contributed by atoms with Crippen molar-refractivity contribution in [3.63, 3.8) is 0 Å². The summed E-state index contributed by atoms with van der Waals surface area (Å²) in [4.78, 5) is 13.0. The summed E-state index contributed by atoms with van der Waals surface area (Å²) in [6.07, 6.45) is 0.140. The maximum atomic E-state index is 10.8. The number of nitrogens with one attached hydrogen (secondary N) is 1. The zero-order valence-corrected chi connectivity index (χ0v) is 10.3. The van der Waals surface area contributed by atoms with Crippen LogP contribution in [-0.2, 0) is 4.74 Å². The number of ether oxygens (including phenoxy) is 1. The van der Waals surface area contributed by atoms with Gasteiger partial charge in [-0.3, -0.25) is 4.79 Å². The van der Waals surface area contributed by atoms with Crippen LogP contribution in [0.4, 0.5) is 5.82 Å². The number of hydrogen-bond acceptors (Lipinski definition) is 6. The zero-order valence-electron chi connectivity index (χ0n) is 10.3. The van der Waals surface area contributed by atoms with Crippen LogP contribution in [0.3, 0.4) is 0 Å². The molecule has 1 saturated heterocycles. The van der Waals surface area contributed by atoms with Crippen molar-refractivity contribution in [2.45, 2.75) is 6.10 Å². The number of amides is 1. The topological polar surface area (TPSA) is 93.4 Å². The van der Waals surface area contributed by atoms with E-state index in [9.17, 15) is 4.79 Å². The summed E-state index contributed by atoms with van der Waals surface area (Å²) < 4.78 is 5.61. The molecular formula is C11H17N5O2. The summed E-state index contributed by atoms with van der Waals surface area (Å²) in [5, 5.41) is 10.7. The second-order valence-corrected chi connectivity index (χ2v) is 4.30. The fourth-order valence-corrected chi connectivity index (χ4v) is 1.77. The molecule has 7 nitrogen and oxygen atoms in total. The van der Waals surface area contributed by atoms with Gasteiger partial charge in [-0.2, -0.15) is 0 Å². The molecule has 7 heteroatoms. The van der Waals surface area contributed by atoms with Crippen molar-refractivity contribution < 1.29 is 9.53 Å². The first-order chi connectivity index (χ1) is 8.65. The summed E-state index contributed by atoms with van der Waals surface area (Å²) in [5.41, 5.74) is 5.24. The molecule has 0 radical (unpaired) electrons. The Morgan fingerprint density at radius 3 is 3.06 bits per heavy atom. The highest BCUT2D eigenvalue weighted by Crippen LogP contribution is 2.06. The van der Waals surface area contributed by atoms with Crippen LogP contribution in [0.15, 0.2) is 12.1 Å². The van der Waals surface area contributed by atoms with Gasteiger partial charge in [-0.05, 0) is 19.2 Å². The molecule has 2 heterocycles. The Labute approximate surface area is 105 Å². The highest BCUT2D eigenvalue weighted by atomic mass is 16.5. The minimum absolute atomic E-state index is 0.140. The number of carbonyl (C=O) groups excluding carboxylic acids is 1. The minimum atomic E-state index is -0.578. The molecule has 1 amide bonds. The lowest BCUT2D eigenvalue weighted by Crippen LogP contribution is -2.43. The van der Waals surface area contributed by atoms with Crippen LogP contribution in [0.1, 0.15) is 10.5 Å². The molecule has 0 aliphatic carbocycles. The smallest absolute Gasteiger partial charge is 0.269 e. The fraction of sp³-hybridized carbons (Fsp3) is 0.545. The van der Waals surface area contributed by atoms with E-state index in [4.69, 9.17) is 10.5 Å². The van der Waals surface area contributed by atoms with Gasteiger partial charge in [0, 0.05) is 19.6 Å². The molecular weight excluding hydrogens is 234 g/mol. The quantitative estimate of drug-likeness (QED) is 0.736. The van der Waals surface area contributed by atoms with E-state index in [-0.39, 0.29) is 11.8 Å². The van der Waals surface area contributed by atoms with Crippen molar-refractivity contribution in [2.24, 2.45) is 5.73 Å². The third-order valence-corrected chi connectivity index (χ3v) is 2.77. The molecule has 0 bridgehead atoms. The van der Waals surface area contributed by atoms with E-state index in [2.05, 4.69) is 27.5 Å². The molecule has 3 N–H and O–H groups in total. The largest absolute Gasteiger partial charge is 0.374 e. The lowest BCUT2D eigenvalue weighted by Gasteiger charge is -2.30. The minimum Gasteiger partial charge on any atom is -0.374 e. The number of morpholine rings is 1. The van der Waals surface area contributed by atoms with Crippen LogP contribution >= 0.6 is 0 Å². The number of rotatable bonds is 4. The molecule has 2 rings (SSSR count). The van der Waals surface area contributed by atoms with E-state index in [0.717, 1.165) is 19.7 Å². The molecule has 1 atom stereocenters. The van der Waals surface area contributed by atoms with Gasteiger partial charge in [-0.15, -0.1) is 10.2 Å². The Morgan fingerprint density at radius 1 is 1.61 bits per heavy atom. The number of likely N-dealkylation sites (N-methyl/N-ethyl adjacent to an activating group) is 1. The zero-order chi connectivity index (χ0) is 13.0. The summed E-state index contributed by atoms with van der Waals surface area (Å²) in [7, 11) is 2.07. The average molecular weight is 251 g/mol. The second-order valence-electron chi connectivity index (χ2n) is 4.30. The van der Waals surface area contributed by atoms with Gasteiger partial charge < -0.3 is 20.7 Å². The first-order valence-corrected chi connectivity index (χ1v) is 5.82. The third kappa shape index (κ3) is 3.38. The summed E-state index contributed by atoms with van der Waals surface area (Å²) in [6.45, 7) is 3.26. The SMILES string of the molecule is CN1CCOC(CNc2ccc(C(N)=O)nn2)C1. The highest BCUT2D eigenvalue weighted by Gasteiger charge is 2.17. The van der Waals surface area contributed by atoms with Crippen molar-refractivity contribution in [1.82, 2.24) is 15.1 Å². The van der Waals surface area contributed by atoms with Crippen molar-refractivity contribution in [2.75, 3.05) is 38.6 Å². The van der Waals surface area contributed by atoms with E-state index < -0.39 is 5.91 Å². The Balaban J connectivity index is 1.84. The van der Waals surface area contributed by atoms with Crippen LogP contribution in [0, 0.1) is 0 Å². The number of anilines is 1. The van der Waals surface area contributed by atoms with Gasteiger partial charge in [-0.25, -0.2) is 0 Å². The Kier molecular flexibility index (Phi) is 4.06. The van der Waals surface area contributed by atoms with Gasteiger partial charge in [0.2, 0.25) is 0 Å². The molecule has 1 aliphatic rings. The summed E-state index contributed by atoms with van der Waals surface area (Å²) >= 11 is 0. The fourth-order valence-electron chi connectivity index (χ4n) is 1.77. The molecule has 1 aromatic rings. The Morgan fingerprint density at radius 2 is 2.44 bits per heavy atom. The van der Waals surface area contributed by atoms with Crippen LogP contribution < -0.4 is 11.1 Å². The first-order valence-electron chi connectivity index (χ1n) is 5.82. The van der Waals surface area contributed by atoms with Gasteiger partial charge in [0.1, 0.15) is 5.82 Å².